The van der Waals surface area contributed by atoms with Gasteiger partial charge < -0.3 is 56.0 Å². The zero-order valence-electron chi connectivity index (χ0n) is 32.6. The van der Waals surface area contributed by atoms with Crippen LogP contribution >= 0.6 is 191 Å². The van der Waals surface area contributed by atoms with Gasteiger partial charge in [-0.15, -0.1) is 0 Å². The summed E-state index contributed by atoms with van der Waals surface area (Å²) in [6.45, 7) is 4.47. The number of carboxylic acid groups (broad SMARTS) is 2. The number of cyclic esters (lactones) is 2. The molecule has 17 nitrogen and oxygen atoms in total. The summed E-state index contributed by atoms with van der Waals surface area (Å²) in [4.78, 5) is 71.6. The molecule has 0 saturated heterocycles. The number of fused-ring (bicyclic) bond motifs is 1. The van der Waals surface area contributed by atoms with Crippen LogP contribution in [0.5, 0.6) is 0 Å². The predicted molar refractivity (Wildman–Crippen MR) is 281 cm³/mol. The van der Waals surface area contributed by atoms with Crippen LogP contribution in [0.2, 0.25) is 0 Å². The number of nitrogens with two attached hydrogens (primary N) is 2. The molecule has 358 valence electrons. The van der Waals surface area contributed by atoms with E-state index in [1.807, 2.05) is 0 Å². The van der Waals surface area contributed by atoms with E-state index in [4.69, 9.17) is 30.4 Å². The molecule has 0 spiro atoms. The second-order valence-corrected chi connectivity index (χ2v) is 21.4. The molecule has 65 heavy (non-hydrogen) atoms. The van der Waals surface area contributed by atoms with Crippen molar-refractivity contribution in [3.8, 4) is 0 Å². The van der Waals surface area contributed by atoms with E-state index in [9.17, 15) is 39.0 Å². The van der Waals surface area contributed by atoms with Crippen LogP contribution < -0.4 is 22.1 Å². The average Bonchev–Trinajstić information content (AvgIpc) is 3.57. The first-order valence-corrected chi connectivity index (χ1v) is 27.2. The van der Waals surface area contributed by atoms with Crippen molar-refractivity contribution >= 4 is 227 Å². The molecule has 0 radical (unpaired) electrons. The highest BCUT2D eigenvalue weighted by Gasteiger charge is 2.37. The quantitative estimate of drug-likeness (QED) is 0.0202. The predicted octanol–water partition coefficient (Wildman–Crippen LogP) is 10.4. The highest BCUT2D eigenvalue weighted by molar-refractivity contribution is 9.16. The lowest BCUT2D eigenvalue weighted by atomic mass is 10.1. The number of ether oxygens (including phenoxy) is 5. The van der Waals surface area contributed by atoms with Gasteiger partial charge in [-0.05, 0) is 191 Å². The maximum absolute atomic E-state index is 12.7. The lowest BCUT2D eigenvalue weighted by Crippen LogP contribution is -2.30. The van der Waals surface area contributed by atoms with E-state index in [1.165, 1.54) is 0 Å². The maximum atomic E-state index is 12.7. The van der Waals surface area contributed by atoms with Crippen molar-refractivity contribution in [1.82, 2.24) is 10.6 Å². The van der Waals surface area contributed by atoms with Crippen LogP contribution in [-0.4, -0.2) is 125 Å². The van der Waals surface area contributed by atoms with Crippen molar-refractivity contribution in [3.05, 3.63) is 87.1 Å². The number of carbonyl (C=O) groups excluding carboxylic acids is 4. The van der Waals surface area contributed by atoms with Gasteiger partial charge in [-0.25, -0.2) is 19.2 Å². The molecule has 4 rings (SSSR count). The summed E-state index contributed by atoms with van der Waals surface area (Å²) in [5.74, 6) is -5.04. The zero-order valence-corrected chi connectivity index (χ0v) is 51.6. The minimum absolute atomic E-state index is 0.0508. The fourth-order valence-corrected chi connectivity index (χ4v) is 12.1. The number of carbonyl (C=O) groups is 6. The summed E-state index contributed by atoms with van der Waals surface area (Å²) in [5.41, 5.74) is 10.3. The third kappa shape index (κ3) is 17.2. The third-order valence-corrected chi connectivity index (χ3v) is 21.9. The van der Waals surface area contributed by atoms with E-state index in [-0.39, 0.29) is 90.8 Å². The van der Waals surface area contributed by atoms with Crippen LogP contribution in [0.4, 0.5) is 0 Å². The van der Waals surface area contributed by atoms with E-state index in [0.717, 1.165) is 0 Å². The lowest BCUT2D eigenvalue weighted by Gasteiger charge is -2.15. The summed E-state index contributed by atoms with van der Waals surface area (Å²) < 4.78 is 30.6. The lowest BCUT2D eigenvalue weighted by molar-refractivity contribution is 0.0441. The molecular weight excluding hydrogens is 1660 g/mol. The number of aromatic carboxylic acids is 2. The van der Waals surface area contributed by atoms with Gasteiger partial charge in [-0.2, -0.15) is 0 Å². The zero-order chi connectivity index (χ0) is 49.3. The number of amides is 2. The fraction of sp³-hybridized carbons (Fsp3) is 0.333. The second kappa shape index (κ2) is 30.8. The summed E-state index contributed by atoms with van der Waals surface area (Å²) >= 11 is 39.1. The first kappa shape index (κ1) is 61.3. The molecule has 0 fully saturated rings. The van der Waals surface area contributed by atoms with Crippen LogP contribution in [0.3, 0.4) is 0 Å². The third-order valence-electron chi connectivity index (χ3n) is 7.61. The van der Waals surface area contributed by atoms with Crippen LogP contribution in [0.25, 0.3) is 0 Å². The van der Waals surface area contributed by atoms with Gasteiger partial charge in [-0.1, -0.05) is 0 Å². The minimum Gasteiger partial charge on any atom is -0.478 e. The first-order valence-electron chi connectivity index (χ1n) is 17.7. The van der Waals surface area contributed by atoms with Gasteiger partial charge in [-0.3, -0.25) is 9.59 Å². The van der Waals surface area contributed by atoms with Crippen molar-refractivity contribution in [2.75, 3.05) is 79.0 Å². The van der Waals surface area contributed by atoms with E-state index in [1.54, 1.807) is 0 Å². The van der Waals surface area contributed by atoms with E-state index < -0.39 is 35.7 Å². The van der Waals surface area contributed by atoms with E-state index in [2.05, 4.69) is 207 Å². The van der Waals surface area contributed by atoms with Gasteiger partial charge in [0.15, 0.2) is 0 Å². The molecule has 0 aromatic heterocycles. The van der Waals surface area contributed by atoms with Crippen LogP contribution in [-0.2, 0) is 23.7 Å². The fourth-order valence-electron chi connectivity index (χ4n) is 4.75. The standard InChI is InChI=1S/C22H16Br8N2O8.C8Br4O3.C6H16N2O2/c23-11-7(9(21(35)36)13(25)17(29)15(11)27)19(33)31-1-3-39-5-6-40-4-2-32-20(34)8-10(22(37)38)14(26)18(30)16(28)12(8)24;9-3-1-2(8(14)15-7(1)13)4(10)6(12)5(3)11;7-1-3-9-5-6-10-4-2-8/h1-6H2,(H,31,33)(H,32,34)(H,35,36)(H,37,38);;1-8H2. The van der Waals surface area contributed by atoms with Gasteiger partial charge in [0.1, 0.15) is 0 Å². The molecule has 3 aromatic rings. The van der Waals surface area contributed by atoms with Gasteiger partial charge in [0, 0.05) is 79.9 Å². The van der Waals surface area contributed by atoms with Crippen molar-refractivity contribution in [2.24, 2.45) is 11.5 Å². The number of benzene rings is 3. The Kier molecular flexibility index (Phi) is 29.1. The largest absolute Gasteiger partial charge is 0.478 e. The molecule has 3 aromatic carbocycles. The van der Waals surface area contributed by atoms with Crippen molar-refractivity contribution in [1.29, 1.82) is 0 Å². The normalized spacial score (nSPS) is 11.5. The number of hydrogen-bond acceptors (Lipinski definition) is 13. The highest BCUT2D eigenvalue weighted by atomic mass is 79.9. The molecular formula is C36H32Br12N4O13. The SMILES string of the molecule is NCCOCCOCCN.O=C(O)c1c(Br)c(Br)c(Br)c(Br)c1C(=O)NCCOCCOCCNC(=O)c1c(Br)c(Br)c(Br)c(Br)c1C(=O)O.O=C1OC(=O)c2c(Br)c(Br)c(Br)c(Br)c21. The van der Waals surface area contributed by atoms with Gasteiger partial charge >= 0.3 is 23.9 Å². The van der Waals surface area contributed by atoms with E-state index in [0.29, 0.717) is 75.3 Å². The Morgan fingerprint density at radius 3 is 0.954 bits per heavy atom. The molecule has 0 unspecified atom stereocenters. The highest BCUT2D eigenvalue weighted by Crippen LogP contribution is 2.45. The van der Waals surface area contributed by atoms with Gasteiger partial charge in [0.25, 0.3) is 11.8 Å². The van der Waals surface area contributed by atoms with Crippen LogP contribution in [0.15, 0.2) is 53.7 Å². The summed E-state index contributed by atoms with van der Waals surface area (Å²) in [5, 5.41) is 24.4. The van der Waals surface area contributed by atoms with E-state index >= 15 is 0 Å². The Balaban J connectivity index is 0.000000467. The number of carboxylic acids is 2. The molecule has 2 amide bonds. The first-order chi connectivity index (χ1) is 30.6. The number of nitrogens with one attached hydrogen (secondary N) is 2. The maximum Gasteiger partial charge on any atom is 0.348 e. The summed E-state index contributed by atoms with van der Waals surface area (Å²) in [7, 11) is 0. The van der Waals surface area contributed by atoms with Gasteiger partial charge in [0.05, 0.1) is 86.2 Å². The number of rotatable bonds is 20. The molecule has 1 heterocycles. The molecule has 0 aliphatic carbocycles. The molecule has 1 aliphatic rings. The van der Waals surface area contributed by atoms with Crippen molar-refractivity contribution in [3.63, 3.8) is 0 Å². The summed E-state index contributed by atoms with van der Waals surface area (Å²) in [6, 6.07) is 0. The minimum atomic E-state index is -1.27. The molecule has 1 aliphatic heterocycles. The molecule has 0 atom stereocenters. The number of hydrogen-bond donors (Lipinski definition) is 6. The van der Waals surface area contributed by atoms with Gasteiger partial charge in [0.2, 0.25) is 0 Å². The van der Waals surface area contributed by atoms with Crippen LogP contribution in [0.1, 0.15) is 62.1 Å². The molecule has 0 bridgehead atoms. The monoisotopic (exact) mass is 1680 g/mol. The molecule has 8 N–H and O–H groups in total. The van der Waals surface area contributed by atoms with Crippen LogP contribution in [0, 0.1) is 0 Å². The van der Waals surface area contributed by atoms with Crippen molar-refractivity contribution in [2.45, 2.75) is 0 Å². The number of esters is 2. The Morgan fingerprint density at radius 1 is 0.415 bits per heavy atom. The Bertz CT molecular complexity index is 2140. The number of halogens is 12. The average molecular weight is 1690 g/mol. The Morgan fingerprint density at radius 2 is 0.677 bits per heavy atom. The Hall–Kier alpha value is 0.200. The Labute approximate surface area is 471 Å². The smallest absolute Gasteiger partial charge is 0.348 e. The molecule has 29 heteroatoms. The van der Waals surface area contributed by atoms with Crippen molar-refractivity contribution < 1.29 is 62.7 Å². The summed E-state index contributed by atoms with van der Waals surface area (Å²) in [6.07, 6.45) is 0. The topological polar surface area (TPSA) is 265 Å². The second-order valence-electron chi connectivity index (χ2n) is 11.8. The molecule has 0 saturated carbocycles.